The topological polar surface area (TPSA) is 18.5 Å². The summed E-state index contributed by atoms with van der Waals surface area (Å²) >= 11 is 0. The molecule has 2 aromatic carbocycles. The molecule has 0 bridgehead atoms. The normalized spacial score (nSPS) is 10.6. The average Bonchev–Trinajstić information content (AvgIpc) is 2.43. The molecule has 0 aliphatic rings. The molecule has 0 aromatic heterocycles. The van der Waals surface area contributed by atoms with Gasteiger partial charge < -0.3 is 9.47 Å². The maximum absolute atomic E-state index is 5.60. The van der Waals surface area contributed by atoms with E-state index >= 15 is 0 Å². The van der Waals surface area contributed by atoms with Crippen LogP contribution in [0.5, 0.6) is 11.5 Å². The van der Waals surface area contributed by atoms with Crippen molar-refractivity contribution in [3.05, 3.63) is 35.9 Å². The molecular weight excluding hydrogens is 224 g/mol. The van der Waals surface area contributed by atoms with E-state index in [-0.39, 0.29) is 0 Å². The zero-order chi connectivity index (χ0) is 13.0. The van der Waals surface area contributed by atoms with Gasteiger partial charge in [-0.2, -0.15) is 0 Å². The van der Waals surface area contributed by atoms with Crippen LogP contribution in [0.4, 0.5) is 0 Å². The van der Waals surface area contributed by atoms with Gasteiger partial charge in [0.2, 0.25) is 0 Å². The molecule has 0 radical (unpaired) electrons. The molecule has 0 heterocycles. The van der Waals surface area contributed by atoms with Crippen molar-refractivity contribution < 1.29 is 9.47 Å². The predicted octanol–water partition coefficient (Wildman–Crippen LogP) is 4.20. The minimum atomic E-state index is 0.928. The van der Waals surface area contributed by atoms with E-state index in [2.05, 4.69) is 25.1 Å². The van der Waals surface area contributed by atoms with Gasteiger partial charge in [0.1, 0.15) is 11.5 Å². The molecule has 0 saturated heterocycles. The van der Waals surface area contributed by atoms with Crippen LogP contribution in [0.3, 0.4) is 0 Å². The molecule has 2 nitrogen and oxygen atoms in total. The van der Waals surface area contributed by atoms with Gasteiger partial charge in [-0.25, -0.2) is 0 Å². The van der Waals surface area contributed by atoms with Crippen molar-refractivity contribution in [3.63, 3.8) is 0 Å². The fraction of sp³-hybridized carbons (Fsp3) is 0.375. The second-order valence-corrected chi connectivity index (χ2v) is 4.42. The molecule has 96 valence electrons. The van der Waals surface area contributed by atoms with Crippen LogP contribution in [0.15, 0.2) is 30.3 Å². The van der Waals surface area contributed by atoms with E-state index in [1.165, 1.54) is 12.0 Å². The molecule has 0 spiro atoms. The Morgan fingerprint density at radius 1 is 1.00 bits per heavy atom. The Morgan fingerprint density at radius 2 is 1.72 bits per heavy atom. The summed E-state index contributed by atoms with van der Waals surface area (Å²) in [5.41, 5.74) is 1.23. The van der Waals surface area contributed by atoms with Crippen LogP contribution in [0, 0.1) is 0 Å². The van der Waals surface area contributed by atoms with Gasteiger partial charge >= 0.3 is 0 Å². The first-order chi connectivity index (χ1) is 8.81. The largest absolute Gasteiger partial charge is 0.496 e. The van der Waals surface area contributed by atoms with Gasteiger partial charge in [-0.15, -0.1) is 0 Å². The Kier molecular flexibility index (Phi) is 4.08. The molecule has 18 heavy (non-hydrogen) atoms. The minimum Gasteiger partial charge on any atom is -0.496 e. The average molecular weight is 244 g/mol. The lowest BCUT2D eigenvalue weighted by molar-refractivity contribution is 0.405. The van der Waals surface area contributed by atoms with Crippen molar-refractivity contribution in [1.29, 1.82) is 0 Å². The number of ether oxygens (including phenoxy) is 2. The van der Waals surface area contributed by atoms with Crippen LogP contribution in [-0.4, -0.2) is 14.2 Å². The molecule has 0 unspecified atom stereocenters. The van der Waals surface area contributed by atoms with Gasteiger partial charge in [-0.05, 0) is 24.5 Å². The van der Waals surface area contributed by atoms with Crippen molar-refractivity contribution in [2.24, 2.45) is 0 Å². The van der Waals surface area contributed by atoms with Crippen molar-refractivity contribution in [2.45, 2.75) is 26.2 Å². The van der Waals surface area contributed by atoms with Crippen LogP contribution in [0.1, 0.15) is 25.3 Å². The number of hydrogen-bond acceptors (Lipinski definition) is 2. The number of fused-ring (bicyclic) bond motifs is 1. The van der Waals surface area contributed by atoms with E-state index < -0.39 is 0 Å². The van der Waals surface area contributed by atoms with Gasteiger partial charge in [0, 0.05) is 10.8 Å². The maximum Gasteiger partial charge on any atom is 0.130 e. The molecule has 2 rings (SSSR count). The highest BCUT2D eigenvalue weighted by atomic mass is 16.5. The summed E-state index contributed by atoms with van der Waals surface area (Å²) in [6.45, 7) is 2.20. The van der Waals surface area contributed by atoms with Crippen LogP contribution < -0.4 is 9.47 Å². The number of methoxy groups -OCH3 is 2. The first-order valence-electron chi connectivity index (χ1n) is 6.44. The molecule has 0 saturated carbocycles. The van der Waals surface area contributed by atoms with Gasteiger partial charge in [-0.3, -0.25) is 0 Å². The second kappa shape index (κ2) is 5.76. The Hall–Kier alpha value is -1.70. The molecule has 0 atom stereocenters. The Bertz CT molecular complexity index is 532. The highest BCUT2D eigenvalue weighted by Gasteiger charge is 2.12. The van der Waals surface area contributed by atoms with Crippen molar-refractivity contribution in [2.75, 3.05) is 14.2 Å². The lowest BCUT2D eigenvalue weighted by Crippen LogP contribution is -1.96. The van der Waals surface area contributed by atoms with E-state index in [9.17, 15) is 0 Å². The van der Waals surface area contributed by atoms with Crippen LogP contribution in [-0.2, 0) is 6.42 Å². The third-order valence-corrected chi connectivity index (χ3v) is 3.26. The maximum atomic E-state index is 5.60. The standard InChI is InChI=1S/C16H20O2/c1-4-5-8-12-11-15(17-2)13-9-6-7-10-14(13)16(12)18-3/h6-7,9-11H,4-5,8H2,1-3H3. The van der Waals surface area contributed by atoms with Crippen molar-refractivity contribution in [3.8, 4) is 11.5 Å². The molecule has 0 amide bonds. The first-order valence-corrected chi connectivity index (χ1v) is 6.44. The second-order valence-electron chi connectivity index (χ2n) is 4.42. The van der Waals surface area contributed by atoms with Crippen LogP contribution >= 0.6 is 0 Å². The molecule has 0 N–H and O–H groups in total. The quantitative estimate of drug-likeness (QED) is 0.784. The molecule has 0 aliphatic carbocycles. The van der Waals surface area contributed by atoms with Crippen LogP contribution in [0.2, 0.25) is 0 Å². The highest BCUT2D eigenvalue weighted by Crippen LogP contribution is 2.37. The summed E-state index contributed by atoms with van der Waals surface area (Å²) in [5, 5.41) is 2.24. The molecule has 2 heteroatoms. The number of benzene rings is 2. The smallest absolute Gasteiger partial charge is 0.130 e. The van der Waals surface area contributed by atoms with E-state index in [0.717, 1.165) is 35.1 Å². The van der Waals surface area contributed by atoms with Gasteiger partial charge in [0.25, 0.3) is 0 Å². The summed E-state index contributed by atoms with van der Waals surface area (Å²) in [7, 11) is 3.46. The molecule has 0 fully saturated rings. The van der Waals surface area contributed by atoms with Crippen molar-refractivity contribution in [1.82, 2.24) is 0 Å². The Balaban J connectivity index is 2.62. The number of aryl methyl sites for hydroxylation is 1. The van der Waals surface area contributed by atoms with Gasteiger partial charge in [-0.1, -0.05) is 37.6 Å². The summed E-state index contributed by atoms with van der Waals surface area (Å²) < 4.78 is 11.1. The minimum absolute atomic E-state index is 0.928. The predicted molar refractivity (Wildman–Crippen MR) is 75.7 cm³/mol. The van der Waals surface area contributed by atoms with Crippen molar-refractivity contribution >= 4 is 10.8 Å². The van der Waals surface area contributed by atoms with Crippen LogP contribution in [0.25, 0.3) is 10.8 Å². The fourth-order valence-electron chi connectivity index (χ4n) is 2.33. The fourth-order valence-corrected chi connectivity index (χ4v) is 2.33. The van der Waals surface area contributed by atoms with E-state index in [4.69, 9.17) is 9.47 Å². The Labute approximate surface area is 109 Å². The number of unbranched alkanes of at least 4 members (excludes halogenated alkanes) is 1. The Morgan fingerprint density at radius 3 is 2.33 bits per heavy atom. The van der Waals surface area contributed by atoms with E-state index in [1.807, 2.05) is 12.1 Å². The summed E-state index contributed by atoms with van der Waals surface area (Å²) in [6.07, 6.45) is 3.37. The van der Waals surface area contributed by atoms with E-state index in [1.54, 1.807) is 14.2 Å². The van der Waals surface area contributed by atoms with Gasteiger partial charge in [0.15, 0.2) is 0 Å². The summed E-state index contributed by atoms with van der Waals surface area (Å²) in [4.78, 5) is 0. The number of rotatable bonds is 5. The molecule has 2 aromatic rings. The van der Waals surface area contributed by atoms with E-state index in [0.29, 0.717) is 0 Å². The summed E-state index contributed by atoms with van der Waals surface area (Å²) in [6, 6.07) is 10.3. The third-order valence-electron chi connectivity index (χ3n) is 3.26. The molecular formula is C16H20O2. The first kappa shape index (κ1) is 12.7. The highest BCUT2D eigenvalue weighted by molar-refractivity contribution is 5.94. The monoisotopic (exact) mass is 244 g/mol. The number of hydrogen-bond donors (Lipinski definition) is 0. The summed E-state index contributed by atoms with van der Waals surface area (Å²) in [5.74, 6) is 1.91. The zero-order valence-electron chi connectivity index (χ0n) is 11.3. The SMILES string of the molecule is CCCCc1cc(OC)c2ccccc2c1OC. The lowest BCUT2D eigenvalue weighted by Gasteiger charge is -2.14. The lowest BCUT2D eigenvalue weighted by atomic mass is 10.0. The van der Waals surface area contributed by atoms with Gasteiger partial charge in [0.05, 0.1) is 14.2 Å². The third kappa shape index (κ3) is 2.28. The molecule has 0 aliphatic heterocycles. The zero-order valence-corrected chi connectivity index (χ0v) is 11.3.